The van der Waals surface area contributed by atoms with Gasteiger partial charge in [-0.25, -0.2) is 13.1 Å². The first-order valence-electron chi connectivity index (χ1n) is 10.8. The third-order valence-electron chi connectivity index (χ3n) is 6.38. The minimum Gasteiger partial charge on any atom is -0.337 e. The zero-order valence-corrected chi connectivity index (χ0v) is 18.3. The number of rotatable bonds is 6. The van der Waals surface area contributed by atoms with Crippen molar-refractivity contribution in [3.8, 4) is 11.1 Å². The lowest BCUT2D eigenvalue weighted by Gasteiger charge is -2.30. The van der Waals surface area contributed by atoms with Gasteiger partial charge < -0.3 is 4.90 Å². The molecular formula is C24H30N2O3S. The zero-order valence-electron chi connectivity index (χ0n) is 17.5. The Bertz CT molecular complexity index is 985. The Hall–Kier alpha value is -2.18. The topological polar surface area (TPSA) is 66.5 Å². The van der Waals surface area contributed by atoms with Crippen molar-refractivity contribution in [3.05, 3.63) is 60.2 Å². The number of carbonyl (C=O) groups excluding carboxylic acids is 1. The molecule has 2 aliphatic rings. The molecule has 1 saturated heterocycles. The van der Waals surface area contributed by atoms with E-state index in [1.54, 1.807) is 0 Å². The molecule has 160 valence electrons. The van der Waals surface area contributed by atoms with E-state index in [9.17, 15) is 13.2 Å². The summed E-state index contributed by atoms with van der Waals surface area (Å²) in [5.74, 6) is 0.301. The Balaban J connectivity index is 1.59. The van der Waals surface area contributed by atoms with Crippen LogP contribution in [0.25, 0.3) is 11.1 Å². The molecule has 1 aliphatic heterocycles. The molecule has 0 radical (unpaired) electrons. The standard InChI is InChI=1S/C24H30N2O3S/c1-30(28,29)25-22-14-15-26(24(27)20-11-5-6-12-20)23(22)17-18-8-7-13-21(16-18)19-9-3-2-4-10-19/h2-4,7-10,13,16,20,22-23,25H,5-6,11-12,14-15,17H2,1H3. The molecule has 2 fully saturated rings. The first kappa shape index (κ1) is 21.1. The summed E-state index contributed by atoms with van der Waals surface area (Å²) in [7, 11) is -3.34. The molecule has 2 aromatic carbocycles. The van der Waals surface area contributed by atoms with E-state index in [4.69, 9.17) is 0 Å². The second-order valence-electron chi connectivity index (χ2n) is 8.64. The summed E-state index contributed by atoms with van der Waals surface area (Å²) in [5.41, 5.74) is 3.40. The van der Waals surface area contributed by atoms with Crippen LogP contribution in [0.2, 0.25) is 0 Å². The highest BCUT2D eigenvalue weighted by atomic mass is 32.2. The number of likely N-dealkylation sites (tertiary alicyclic amines) is 1. The molecule has 2 atom stereocenters. The molecule has 4 rings (SSSR count). The van der Waals surface area contributed by atoms with Crippen LogP contribution in [0.15, 0.2) is 54.6 Å². The van der Waals surface area contributed by atoms with Crippen molar-refractivity contribution in [1.29, 1.82) is 0 Å². The zero-order chi connectivity index (χ0) is 21.1. The van der Waals surface area contributed by atoms with Crippen LogP contribution >= 0.6 is 0 Å². The van der Waals surface area contributed by atoms with Crippen LogP contribution in [0, 0.1) is 5.92 Å². The number of amides is 1. The SMILES string of the molecule is CS(=O)(=O)NC1CCN(C(=O)C2CCCC2)C1Cc1cccc(-c2ccccc2)c1. The van der Waals surface area contributed by atoms with Crippen molar-refractivity contribution in [1.82, 2.24) is 9.62 Å². The largest absolute Gasteiger partial charge is 0.337 e. The summed E-state index contributed by atoms with van der Waals surface area (Å²) in [6, 6.07) is 18.2. The van der Waals surface area contributed by atoms with Crippen molar-refractivity contribution in [2.75, 3.05) is 12.8 Å². The van der Waals surface area contributed by atoms with Gasteiger partial charge in [0.25, 0.3) is 0 Å². The van der Waals surface area contributed by atoms with Crippen molar-refractivity contribution in [2.24, 2.45) is 5.92 Å². The lowest BCUT2D eigenvalue weighted by molar-refractivity contribution is -0.136. The molecular weight excluding hydrogens is 396 g/mol. The Labute approximate surface area is 179 Å². The first-order valence-corrected chi connectivity index (χ1v) is 12.7. The van der Waals surface area contributed by atoms with Crippen LogP contribution in [-0.2, 0) is 21.2 Å². The molecule has 1 N–H and O–H groups in total. The lowest BCUT2D eigenvalue weighted by Crippen LogP contribution is -2.48. The first-order chi connectivity index (χ1) is 14.4. The second kappa shape index (κ2) is 8.90. The van der Waals surface area contributed by atoms with Crippen molar-refractivity contribution in [2.45, 2.75) is 50.6 Å². The summed E-state index contributed by atoms with van der Waals surface area (Å²) >= 11 is 0. The van der Waals surface area contributed by atoms with E-state index in [1.807, 2.05) is 29.2 Å². The van der Waals surface area contributed by atoms with E-state index in [0.29, 0.717) is 19.4 Å². The van der Waals surface area contributed by atoms with Gasteiger partial charge >= 0.3 is 0 Å². The van der Waals surface area contributed by atoms with E-state index >= 15 is 0 Å². The maximum absolute atomic E-state index is 13.2. The highest BCUT2D eigenvalue weighted by Gasteiger charge is 2.40. The summed E-state index contributed by atoms with van der Waals surface area (Å²) in [4.78, 5) is 15.1. The Morgan fingerprint density at radius 1 is 1.00 bits per heavy atom. The van der Waals surface area contributed by atoms with Crippen LogP contribution < -0.4 is 4.72 Å². The van der Waals surface area contributed by atoms with E-state index in [-0.39, 0.29) is 23.9 Å². The number of benzene rings is 2. The average Bonchev–Trinajstić information content (AvgIpc) is 3.39. The normalized spacial score (nSPS) is 22.5. The average molecular weight is 427 g/mol. The molecule has 1 heterocycles. The fraction of sp³-hybridized carbons (Fsp3) is 0.458. The third-order valence-corrected chi connectivity index (χ3v) is 7.11. The fourth-order valence-electron chi connectivity index (χ4n) is 4.95. The van der Waals surface area contributed by atoms with Crippen LogP contribution in [-0.4, -0.2) is 44.1 Å². The number of hydrogen-bond acceptors (Lipinski definition) is 3. The van der Waals surface area contributed by atoms with E-state index in [0.717, 1.165) is 42.4 Å². The van der Waals surface area contributed by atoms with Crippen LogP contribution in [0.4, 0.5) is 0 Å². The minimum atomic E-state index is -3.34. The predicted octanol–water partition coefficient (Wildman–Crippen LogP) is 3.61. The van der Waals surface area contributed by atoms with Crippen LogP contribution in [0.5, 0.6) is 0 Å². The number of hydrogen-bond donors (Lipinski definition) is 1. The Morgan fingerprint density at radius 2 is 1.70 bits per heavy atom. The molecule has 1 saturated carbocycles. The lowest BCUT2D eigenvalue weighted by atomic mass is 9.96. The minimum absolute atomic E-state index is 0.0973. The summed E-state index contributed by atoms with van der Waals surface area (Å²) in [6.07, 6.45) is 6.63. The number of nitrogens with zero attached hydrogens (tertiary/aromatic N) is 1. The predicted molar refractivity (Wildman–Crippen MR) is 119 cm³/mol. The second-order valence-corrected chi connectivity index (χ2v) is 10.4. The molecule has 0 spiro atoms. The number of sulfonamides is 1. The van der Waals surface area contributed by atoms with Gasteiger partial charge in [0.05, 0.1) is 12.3 Å². The van der Waals surface area contributed by atoms with Crippen LogP contribution in [0.1, 0.15) is 37.7 Å². The van der Waals surface area contributed by atoms with Gasteiger partial charge in [0.15, 0.2) is 0 Å². The molecule has 1 amide bonds. The quantitative estimate of drug-likeness (QED) is 0.767. The van der Waals surface area contributed by atoms with Crippen molar-refractivity contribution >= 4 is 15.9 Å². The summed E-state index contributed by atoms with van der Waals surface area (Å²) in [6.45, 7) is 0.617. The molecule has 0 bridgehead atoms. The Kier molecular flexibility index (Phi) is 6.25. The van der Waals surface area contributed by atoms with Crippen molar-refractivity contribution < 1.29 is 13.2 Å². The summed E-state index contributed by atoms with van der Waals surface area (Å²) < 4.78 is 26.7. The summed E-state index contributed by atoms with van der Waals surface area (Å²) in [5, 5.41) is 0. The molecule has 2 unspecified atom stereocenters. The van der Waals surface area contributed by atoms with Gasteiger partial charge in [-0.2, -0.15) is 0 Å². The maximum Gasteiger partial charge on any atom is 0.225 e. The fourth-order valence-corrected chi connectivity index (χ4v) is 5.77. The highest BCUT2D eigenvalue weighted by Crippen LogP contribution is 2.31. The van der Waals surface area contributed by atoms with Gasteiger partial charge in [-0.1, -0.05) is 67.4 Å². The van der Waals surface area contributed by atoms with Gasteiger partial charge in [0.1, 0.15) is 0 Å². The number of nitrogens with one attached hydrogen (secondary N) is 1. The van der Waals surface area contributed by atoms with Gasteiger partial charge in [-0.05, 0) is 42.4 Å². The molecule has 2 aromatic rings. The number of carbonyl (C=O) groups is 1. The highest BCUT2D eigenvalue weighted by molar-refractivity contribution is 7.88. The van der Waals surface area contributed by atoms with E-state index in [2.05, 4.69) is 35.1 Å². The smallest absolute Gasteiger partial charge is 0.225 e. The van der Waals surface area contributed by atoms with E-state index in [1.165, 1.54) is 6.26 Å². The van der Waals surface area contributed by atoms with Crippen molar-refractivity contribution in [3.63, 3.8) is 0 Å². The third kappa shape index (κ3) is 4.93. The monoisotopic (exact) mass is 426 g/mol. The molecule has 1 aliphatic carbocycles. The maximum atomic E-state index is 13.2. The molecule has 0 aromatic heterocycles. The van der Waals surface area contributed by atoms with Gasteiger partial charge in [0, 0.05) is 18.5 Å². The molecule has 6 heteroatoms. The van der Waals surface area contributed by atoms with Gasteiger partial charge in [0.2, 0.25) is 15.9 Å². The van der Waals surface area contributed by atoms with Gasteiger partial charge in [-0.15, -0.1) is 0 Å². The Morgan fingerprint density at radius 3 is 2.40 bits per heavy atom. The van der Waals surface area contributed by atoms with Crippen LogP contribution in [0.3, 0.4) is 0 Å². The molecule has 5 nitrogen and oxygen atoms in total. The van der Waals surface area contributed by atoms with E-state index < -0.39 is 10.0 Å². The molecule has 30 heavy (non-hydrogen) atoms. The van der Waals surface area contributed by atoms with Gasteiger partial charge in [-0.3, -0.25) is 4.79 Å².